The summed E-state index contributed by atoms with van der Waals surface area (Å²) in [6.07, 6.45) is 2.05. The first-order valence-electron chi connectivity index (χ1n) is 7.21. The van der Waals surface area contributed by atoms with Gasteiger partial charge in [0, 0.05) is 5.02 Å². The zero-order valence-electron chi connectivity index (χ0n) is 13.0. The standard InChI is InChI=1S/C15H14ClN5O2S/c1-3-11(15(22)23-2)24-14-12-13(17-8-18-14)21(20-19-12)10-6-4-5-9(16)7-10/h4-8,11H,3H2,1-2H3/t11-/m0/s1. The van der Waals surface area contributed by atoms with Crippen LogP contribution in [-0.2, 0) is 9.53 Å². The Bertz CT molecular complexity index is 885. The zero-order chi connectivity index (χ0) is 17.1. The minimum absolute atomic E-state index is 0.295. The Kier molecular flexibility index (Phi) is 4.96. The number of thioether (sulfide) groups is 1. The van der Waals surface area contributed by atoms with Crippen LogP contribution in [0.1, 0.15) is 13.3 Å². The summed E-state index contributed by atoms with van der Waals surface area (Å²) >= 11 is 7.33. The summed E-state index contributed by atoms with van der Waals surface area (Å²) in [6, 6.07) is 7.24. The lowest BCUT2D eigenvalue weighted by Crippen LogP contribution is -2.17. The van der Waals surface area contributed by atoms with Gasteiger partial charge in [-0.1, -0.05) is 41.6 Å². The number of nitrogens with zero attached hydrogens (tertiary/aromatic N) is 5. The molecule has 7 nitrogen and oxygen atoms in total. The third-order valence-corrected chi connectivity index (χ3v) is 4.91. The molecule has 0 N–H and O–H groups in total. The Morgan fingerprint density at radius 3 is 2.96 bits per heavy atom. The molecule has 0 bridgehead atoms. The predicted molar refractivity (Wildman–Crippen MR) is 91.4 cm³/mol. The van der Waals surface area contributed by atoms with Crippen LogP contribution < -0.4 is 0 Å². The molecular formula is C15H14ClN5O2S. The van der Waals surface area contributed by atoms with Gasteiger partial charge in [-0.05, 0) is 24.6 Å². The fraction of sp³-hybridized carbons (Fsp3) is 0.267. The van der Waals surface area contributed by atoms with Crippen molar-refractivity contribution in [3.05, 3.63) is 35.6 Å². The average Bonchev–Trinajstić information content (AvgIpc) is 3.04. The highest BCUT2D eigenvalue weighted by molar-refractivity contribution is 8.00. The fourth-order valence-electron chi connectivity index (χ4n) is 2.16. The predicted octanol–water partition coefficient (Wildman–Crippen LogP) is 2.91. The number of esters is 1. The van der Waals surface area contributed by atoms with Gasteiger partial charge in [-0.15, -0.1) is 5.10 Å². The lowest BCUT2D eigenvalue weighted by molar-refractivity contribution is -0.140. The van der Waals surface area contributed by atoms with Gasteiger partial charge in [0.15, 0.2) is 11.2 Å². The van der Waals surface area contributed by atoms with Crippen molar-refractivity contribution in [3.63, 3.8) is 0 Å². The van der Waals surface area contributed by atoms with E-state index in [2.05, 4.69) is 20.3 Å². The second kappa shape index (κ2) is 7.14. The van der Waals surface area contributed by atoms with Crippen LogP contribution in [-0.4, -0.2) is 43.3 Å². The first kappa shape index (κ1) is 16.7. The van der Waals surface area contributed by atoms with Crippen molar-refractivity contribution in [1.82, 2.24) is 25.0 Å². The van der Waals surface area contributed by atoms with E-state index < -0.39 is 0 Å². The van der Waals surface area contributed by atoms with Crippen molar-refractivity contribution in [2.75, 3.05) is 7.11 Å². The van der Waals surface area contributed by atoms with Crippen LogP contribution in [0.2, 0.25) is 5.02 Å². The van der Waals surface area contributed by atoms with Gasteiger partial charge >= 0.3 is 5.97 Å². The molecule has 3 aromatic rings. The SMILES string of the molecule is CC[C@H](Sc1ncnc2c1nnn2-c1cccc(Cl)c1)C(=O)OC. The highest BCUT2D eigenvalue weighted by Gasteiger charge is 2.22. The van der Waals surface area contributed by atoms with E-state index in [0.29, 0.717) is 27.6 Å². The van der Waals surface area contributed by atoms with E-state index in [9.17, 15) is 4.79 Å². The molecule has 0 saturated heterocycles. The van der Waals surface area contributed by atoms with Crippen molar-refractivity contribution in [3.8, 4) is 5.69 Å². The summed E-state index contributed by atoms with van der Waals surface area (Å²) in [5, 5.41) is 9.14. The van der Waals surface area contributed by atoms with Crippen LogP contribution in [0.15, 0.2) is 35.6 Å². The number of methoxy groups -OCH3 is 1. The molecule has 1 aromatic carbocycles. The minimum atomic E-state index is -0.357. The number of halogens is 1. The van der Waals surface area contributed by atoms with Gasteiger partial charge in [-0.2, -0.15) is 4.68 Å². The van der Waals surface area contributed by atoms with Crippen LogP contribution >= 0.6 is 23.4 Å². The van der Waals surface area contributed by atoms with Crippen molar-refractivity contribution in [2.24, 2.45) is 0 Å². The molecule has 0 unspecified atom stereocenters. The molecule has 9 heteroatoms. The lowest BCUT2D eigenvalue weighted by Gasteiger charge is -2.11. The Balaban J connectivity index is 2.02. The number of hydrogen-bond donors (Lipinski definition) is 0. The van der Waals surface area contributed by atoms with E-state index in [1.807, 2.05) is 19.1 Å². The molecule has 0 saturated carbocycles. The third kappa shape index (κ3) is 3.20. The number of rotatable bonds is 5. The molecule has 3 rings (SSSR count). The van der Waals surface area contributed by atoms with E-state index >= 15 is 0 Å². The summed E-state index contributed by atoms with van der Waals surface area (Å²) in [4.78, 5) is 20.3. The van der Waals surface area contributed by atoms with E-state index in [0.717, 1.165) is 5.69 Å². The lowest BCUT2D eigenvalue weighted by atomic mass is 10.3. The van der Waals surface area contributed by atoms with E-state index in [4.69, 9.17) is 16.3 Å². The monoisotopic (exact) mass is 363 g/mol. The first-order chi connectivity index (χ1) is 11.6. The van der Waals surface area contributed by atoms with Crippen molar-refractivity contribution >= 4 is 40.5 Å². The summed E-state index contributed by atoms with van der Waals surface area (Å²) in [5.41, 5.74) is 1.83. The summed E-state index contributed by atoms with van der Waals surface area (Å²) < 4.78 is 6.41. The average molecular weight is 364 g/mol. The van der Waals surface area contributed by atoms with Gasteiger partial charge < -0.3 is 4.74 Å². The van der Waals surface area contributed by atoms with Gasteiger partial charge in [0.2, 0.25) is 0 Å². The van der Waals surface area contributed by atoms with E-state index in [1.54, 1.807) is 16.8 Å². The largest absolute Gasteiger partial charge is 0.468 e. The normalized spacial score (nSPS) is 12.3. The Hall–Kier alpha value is -2.19. The number of hydrogen-bond acceptors (Lipinski definition) is 7. The maximum absolute atomic E-state index is 11.8. The smallest absolute Gasteiger partial charge is 0.319 e. The third-order valence-electron chi connectivity index (χ3n) is 3.35. The molecule has 0 amide bonds. The fourth-order valence-corrected chi connectivity index (χ4v) is 3.33. The van der Waals surface area contributed by atoms with Gasteiger partial charge in [0.25, 0.3) is 0 Å². The maximum Gasteiger partial charge on any atom is 0.319 e. The van der Waals surface area contributed by atoms with Crippen LogP contribution in [0.4, 0.5) is 0 Å². The molecule has 0 aliphatic rings. The molecule has 0 aliphatic carbocycles. The summed E-state index contributed by atoms with van der Waals surface area (Å²) in [5.74, 6) is -0.295. The van der Waals surface area contributed by atoms with Crippen LogP contribution in [0.25, 0.3) is 16.9 Å². The van der Waals surface area contributed by atoms with Crippen molar-refractivity contribution in [2.45, 2.75) is 23.6 Å². The maximum atomic E-state index is 11.8. The highest BCUT2D eigenvalue weighted by Crippen LogP contribution is 2.29. The van der Waals surface area contributed by atoms with Gasteiger partial charge in [0.05, 0.1) is 12.8 Å². The molecule has 0 aliphatic heterocycles. The van der Waals surface area contributed by atoms with Crippen molar-refractivity contribution < 1.29 is 9.53 Å². The summed E-state index contributed by atoms with van der Waals surface area (Å²) in [7, 11) is 1.37. The zero-order valence-corrected chi connectivity index (χ0v) is 14.6. The van der Waals surface area contributed by atoms with Crippen molar-refractivity contribution in [1.29, 1.82) is 0 Å². The number of carbonyl (C=O) groups excluding carboxylic acids is 1. The first-order valence-corrected chi connectivity index (χ1v) is 8.46. The quantitative estimate of drug-likeness (QED) is 0.391. The molecule has 24 heavy (non-hydrogen) atoms. The van der Waals surface area contributed by atoms with Gasteiger partial charge in [-0.25, -0.2) is 9.97 Å². The second-order valence-electron chi connectivity index (χ2n) is 4.87. The second-order valence-corrected chi connectivity index (χ2v) is 6.50. The van der Waals surface area contributed by atoms with Gasteiger partial charge in [-0.3, -0.25) is 4.79 Å². The highest BCUT2D eigenvalue weighted by atomic mass is 35.5. The van der Waals surface area contributed by atoms with Gasteiger partial charge in [0.1, 0.15) is 16.6 Å². The molecule has 124 valence electrons. The molecule has 0 spiro atoms. The summed E-state index contributed by atoms with van der Waals surface area (Å²) in [6.45, 7) is 1.91. The minimum Gasteiger partial charge on any atom is -0.468 e. The molecule has 0 fully saturated rings. The van der Waals surface area contributed by atoms with Crippen LogP contribution in [0.5, 0.6) is 0 Å². The number of benzene rings is 1. The Labute approximate surface area is 147 Å². The molecule has 1 atom stereocenters. The molecule has 0 radical (unpaired) electrons. The van der Waals surface area contributed by atoms with E-state index in [1.165, 1.54) is 25.2 Å². The topological polar surface area (TPSA) is 82.8 Å². The number of ether oxygens (including phenoxy) is 1. The number of fused-ring (bicyclic) bond motifs is 1. The number of carbonyl (C=O) groups is 1. The Morgan fingerprint density at radius 1 is 1.42 bits per heavy atom. The number of aromatic nitrogens is 5. The van der Waals surface area contributed by atoms with Crippen LogP contribution in [0.3, 0.4) is 0 Å². The Morgan fingerprint density at radius 2 is 2.25 bits per heavy atom. The van der Waals surface area contributed by atoms with Crippen LogP contribution in [0, 0.1) is 0 Å². The molecule has 2 heterocycles. The molecule has 2 aromatic heterocycles. The van der Waals surface area contributed by atoms with E-state index in [-0.39, 0.29) is 11.2 Å². The molecular weight excluding hydrogens is 350 g/mol.